The number of likely N-dealkylation sites (N-methyl/N-ethyl adjacent to an activating group) is 1. The van der Waals surface area contributed by atoms with E-state index in [2.05, 4.69) is 6.58 Å². The van der Waals surface area contributed by atoms with Crippen molar-refractivity contribution in [3.05, 3.63) is 12.2 Å². The fourth-order valence-electron chi connectivity index (χ4n) is 2.59. The van der Waals surface area contributed by atoms with Crippen LogP contribution in [0, 0.1) is 10.8 Å². The number of rotatable bonds is 10. The van der Waals surface area contributed by atoms with Crippen molar-refractivity contribution in [1.29, 1.82) is 0 Å². The zero-order chi connectivity index (χ0) is 19.8. The molecule has 0 aliphatic rings. The van der Waals surface area contributed by atoms with Gasteiger partial charge in [0.25, 0.3) is 0 Å². The molecule has 0 bridgehead atoms. The van der Waals surface area contributed by atoms with Crippen LogP contribution < -0.4 is 0 Å². The van der Waals surface area contributed by atoms with Gasteiger partial charge in [0.2, 0.25) is 5.91 Å². The molecule has 1 atom stereocenters. The smallest absolute Gasteiger partial charge is 0.312 e. The van der Waals surface area contributed by atoms with Crippen LogP contribution in [-0.4, -0.2) is 55.1 Å². The van der Waals surface area contributed by atoms with E-state index >= 15 is 0 Å². The number of hydrogen-bond acceptors (Lipinski definition) is 6. The van der Waals surface area contributed by atoms with Crippen LogP contribution in [0.5, 0.6) is 0 Å². The fraction of sp³-hybridized carbons (Fsp3) is 0.773. The monoisotopic (exact) mass is 437 g/mol. The van der Waals surface area contributed by atoms with Crippen molar-refractivity contribution >= 4 is 29.6 Å². The van der Waals surface area contributed by atoms with Crippen molar-refractivity contribution in [2.24, 2.45) is 10.8 Å². The van der Waals surface area contributed by atoms with Crippen LogP contribution in [0.2, 0.25) is 0 Å². The van der Waals surface area contributed by atoms with Gasteiger partial charge in [0.15, 0.2) is 0 Å². The predicted octanol–water partition coefficient (Wildman–Crippen LogP) is 5.41. The lowest BCUT2D eigenvalue weighted by atomic mass is 9.75. The summed E-state index contributed by atoms with van der Waals surface area (Å²) in [4.78, 5) is 37.9. The molecule has 0 aromatic rings. The number of amides is 1. The average molecular weight is 438 g/mol. The van der Waals surface area contributed by atoms with Crippen LogP contribution in [-0.2, 0) is 23.9 Å². The molecular formula is C22H47NO5S. The summed E-state index contributed by atoms with van der Waals surface area (Å²) in [5, 5.41) is 0. The quantitative estimate of drug-likeness (QED) is 0.258. The molecule has 1 unspecified atom stereocenters. The zero-order valence-electron chi connectivity index (χ0n) is 16.4. The van der Waals surface area contributed by atoms with E-state index in [1.807, 2.05) is 0 Å². The molecule has 0 aromatic heterocycles. The summed E-state index contributed by atoms with van der Waals surface area (Å²) in [5.41, 5.74) is -1.23. The first-order valence-corrected chi connectivity index (χ1v) is 9.31. The molecule has 0 radical (unpaired) electrons. The Labute approximate surface area is 184 Å². The van der Waals surface area contributed by atoms with E-state index in [0.717, 1.165) is 0 Å². The topological polar surface area (TPSA) is 72.9 Å². The number of carbonyl (C=O) groups is 3. The number of esters is 2. The molecule has 0 aliphatic heterocycles. The van der Waals surface area contributed by atoms with Crippen molar-refractivity contribution in [3.63, 3.8) is 0 Å². The minimum Gasteiger partial charge on any atom is -0.469 e. The molecule has 0 heterocycles. The van der Waals surface area contributed by atoms with Gasteiger partial charge in [-0.3, -0.25) is 14.4 Å². The molecule has 0 rings (SSSR count). The van der Waals surface area contributed by atoms with Gasteiger partial charge in [0.05, 0.1) is 30.4 Å². The van der Waals surface area contributed by atoms with Gasteiger partial charge >= 0.3 is 11.9 Å². The van der Waals surface area contributed by atoms with Gasteiger partial charge in [0.1, 0.15) is 0 Å². The van der Waals surface area contributed by atoms with Crippen LogP contribution in [0.1, 0.15) is 70.7 Å². The molecule has 1 amide bonds. The van der Waals surface area contributed by atoms with E-state index in [1.165, 1.54) is 18.9 Å². The molecule has 0 aliphatic carbocycles. The molecule has 29 heavy (non-hydrogen) atoms. The maximum absolute atomic E-state index is 12.3. The van der Waals surface area contributed by atoms with Crippen LogP contribution >= 0.6 is 11.8 Å². The van der Waals surface area contributed by atoms with E-state index < -0.39 is 10.8 Å². The summed E-state index contributed by atoms with van der Waals surface area (Å²) in [6.07, 6.45) is 0.288. The number of methoxy groups -OCH3 is 1. The SMILES string of the molecule is C.C.C.C.C=C(C)C(=O)N(C)CSCC(C)(CC(C)(C)C(=O)OCC)C(=O)OC. The Balaban J connectivity index is -0.000000480. The number of hydrogen-bond donors (Lipinski definition) is 0. The lowest BCUT2D eigenvalue weighted by Crippen LogP contribution is -2.40. The normalized spacial score (nSPS) is 11.7. The molecule has 0 aromatic carbocycles. The Morgan fingerprint density at radius 2 is 1.52 bits per heavy atom. The second-order valence-electron chi connectivity index (χ2n) is 7.09. The summed E-state index contributed by atoms with van der Waals surface area (Å²) in [6.45, 7) is 12.6. The molecule has 0 saturated heterocycles. The maximum Gasteiger partial charge on any atom is 0.312 e. The van der Waals surface area contributed by atoms with Crippen molar-refractivity contribution in [3.8, 4) is 0 Å². The summed E-state index contributed by atoms with van der Waals surface area (Å²) < 4.78 is 10.1. The van der Waals surface area contributed by atoms with Gasteiger partial charge in [-0.15, -0.1) is 11.8 Å². The third-order valence-corrected chi connectivity index (χ3v) is 5.17. The summed E-state index contributed by atoms with van der Waals surface area (Å²) in [7, 11) is 3.02. The molecule has 0 spiro atoms. The van der Waals surface area contributed by atoms with Crippen molar-refractivity contribution in [2.45, 2.75) is 70.7 Å². The highest BCUT2D eigenvalue weighted by Gasteiger charge is 2.43. The highest BCUT2D eigenvalue weighted by atomic mass is 32.2. The van der Waals surface area contributed by atoms with Gasteiger partial charge in [-0.2, -0.15) is 0 Å². The molecule has 6 nitrogen and oxygen atoms in total. The maximum atomic E-state index is 12.3. The average Bonchev–Trinajstić information content (AvgIpc) is 2.52. The predicted molar refractivity (Wildman–Crippen MR) is 127 cm³/mol. The van der Waals surface area contributed by atoms with Gasteiger partial charge in [-0.25, -0.2) is 0 Å². The van der Waals surface area contributed by atoms with Crippen molar-refractivity contribution in [2.75, 3.05) is 32.4 Å². The van der Waals surface area contributed by atoms with E-state index in [-0.39, 0.29) is 54.0 Å². The first-order valence-electron chi connectivity index (χ1n) is 8.15. The first-order chi connectivity index (χ1) is 11.4. The Kier molecular flexibility index (Phi) is 21.5. The second-order valence-corrected chi connectivity index (χ2v) is 8.05. The van der Waals surface area contributed by atoms with Crippen molar-refractivity contribution < 1.29 is 23.9 Å². The van der Waals surface area contributed by atoms with Gasteiger partial charge in [-0.05, 0) is 41.0 Å². The lowest BCUT2D eigenvalue weighted by molar-refractivity contribution is -0.159. The Bertz CT molecular complexity index is 519. The number of nitrogens with zero attached hydrogens (tertiary/aromatic N) is 1. The third kappa shape index (κ3) is 11.9. The fourth-order valence-corrected chi connectivity index (χ4v) is 3.75. The van der Waals surface area contributed by atoms with Gasteiger partial charge in [0, 0.05) is 18.4 Å². The van der Waals surface area contributed by atoms with Crippen molar-refractivity contribution in [1.82, 2.24) is 4.90 Å². The third-order valence-electron chi connectivity index (χ3n) is 3.76. The van der Waals surface area contributed by atoms with E-state index in [1.54, 1.807) is 46.6 Å². The molecule has 0 saturated carbocycles. The molecule has 7 heteroatoms. The highest BCUT2D eigenvalue weighted by molar-refractivity contribution is 7.99. The number of ether oxygens (including phenoxy) is 2. The second kappa shape index (κ2) is 16.3. The van der Waals surface area contributed by atoms with E-state index in [0.29, 0.717) is 23.8 Å². The summed E-state index contributed by atoms with van der Waals surface area (Å²) in [5.74, 6) is -0.0379. The highest BCUT2D eigenvalue weighted by Crippen LogP contribution is 2.38. The minimum absolute atomic E-state index is 0. The Morgan fingerprint density at radius 3 is 1.90 bits per heavy atom. The lowest BCUT2D eigenvalue weighted by Gasteiger charge is -2.34. The van der Waals surface area contributed by atoms with E-state index in [4.69, 9.17) is 9.47 Å². The minimum atomic E-state index is -0.872. The van der Waals surface area contributed by atoms with Crippen LogP contribution in [0.3, 0.4) is 0 Å². The van der Waals surface area contributed by atoms with Crippen LogP contribution in [0.4, 0.5) is 0 Å². The van der Waals surface area contributed by atoms with Crippen LogP contribution in [0.15, 0.2) is 12.2 Å². The van der Waals surface area contributed by atoms with Gasteiger partial charge < -0.3 is 14.4 Å². The molecule has 0 fully saturated rings. The van der Waals surface area contributed by atoms with Crippen LogP contribution in [0.25, 0.3) is 0 Å². The molecular weight excluding hydrogens is 390 g/mol. The number of thioether (sulfide) groups is 1. The Morgan fingerprint density at radius 1 is 1.03 bits per heavy atom. The zero-order valence-corrected chi connectivity index (χ0v) is 17.2. The summed E-state index contributed by atoms with van der Waals surface area (Å²) in [6, 6.07) is 0. The van der Waals surface area contributed by atoms with E-state index in [9.17, 15) is 14.4 Å². The first kappa shape index (κ1) is 38.1. The number of carbonyl (C=O) groups excluding carboxylic acids is 3. The van der Waals surface area contributed by atoms with Gasteiger partial charge in [-0.1, -0.05) is 36.3 Å². The standard InChI is InChI=1S/C18H31NO5S.4CH4/c1-9-24-15(21)17(4,5)10-18(6,16(22)23-8)11-25-12-19(7)14(20)13(2)3;;;;/h2,9-12H2,1,3-8H3;4*1H4. The Hall–Kier alpha value is -1.50. The summed E-state index contributed by atoms with van der Waals surface area (Å²) >= 11 is 1.43. The molecule has 176 valence electrons. The largest absolute Gasteiger partial charge is 0.469 e. The molecule has 0 N–H and O–H groups in total.